The van der Waals surface area contributed by atoms with E-state index in [4.69, 9.17) is 80.5 Å². The zero-order chi connectivity index (χ0) is 66.3. The molecule has 5 aromatic rings. The van der Waals surface area contributed by atoms with Gasteiger partial charge in [0, 0.05) is 25.7 Å². The van der Waals surface area contributed by atoms with Gasteiger partial charge in [0.25, 0.3) is 0 Å². The van der Waals surface area contributed by atoms with Crippen LogP contribution in [0.5, 0.6) is 11.5 Å². The van der Waals surface area contributed by atoms with Crippen LogP contribution in [0.1, 0.15) is 80.3 Å². The molecule has 4 aliphatic rings. The molecule has 4 fully saturated rings. The second-order valence-electron chi connectivity index (χ2n) is 23.5. The number of esters is 6. The van der Waals surface area contributed by atoms with Crippen molar-refractivity contribution in [3.63, 3.8) is 0 Å². The van der Waals surface area contributed by atoms with Crippen LogP contribution in [0.25, 0.3) is 0 Å². The van der Waals surface area contributed by atoms with E-state index in [0.29, 0.717) is 16.9 Å². The molecule has 9 rings (SSSR count). The molecule has 0 saturated carbocycles. The van der Waals surface area contributed by atoms with E-state index >= 15 is 0 Å². The number of carbonyl (C=O) groups is 6. The fraction of sp³-hybridized carbons (Fsp3) is 0.486. The first-order valence-electron chi connectivity index (χ1n) is 31.0. The lowest BCUT2D eigenvalue weighted by molar-refractivity contribution is -0.373. The van der Waals surface area contributed by atoms with Crippen molar-refractivity contribution >= 4 is 35.8 Å². The molecule has 0 aromatic heterocycles. The van der Waals surface area contributed by atoms with E-state index in [1.807, 2.05) is 88.4 Å². The topological polar surface area (TPSA) is 259 Å². The molecule has 500 valence electrons. The number of methoxy groups -OCH3 is 3. The van der Waals surface area contributed by atoms with E-state index in [9.17, 15) is 28.8 Å². The zero-order valence-electron chi connectivity index (χ0n) is 53.6. The molecule has 93 heavy (non-hydrogen) atoms. The van der Waals surface area contributed by atoms with E-state index in [1.54, 1.807) is 91.9 Å². The Hall–Kier alpha value is -7.84. The number of ether oxygens (including phenoxy) is 17. The zero-order valence-corrected chi connectivity index (χ0v) is 53.6. The Labute approximate surface area is 540 Å². The van der Waals surface area contributed by atoms with E-state index in [2.05, 4.69) is 0 Å². The quantitative estimate of drug-likeness (QED) is 0.0392. The number of hydrogen-bond acceptors (Lipinski definition) is 23. The lowest BCUT2D eigenvalue weighted by Crippen LogP contribution is -2.67. The van der Waals surface area contributed by atoms with Gasteiger partial charge in [-0.25, -0.2) is 19.2 Å². The maximum atomic E-state index is 14.6. The smallest absolute Gasteiger partial charge is 0.338 e. The van der Waals surface area contributed by atoms with Gasteiger partial charge in [0.05, 0.1) is 57.9 Å². The standard InChI is InChI=1S/C70H82O23/c1-39-40(2)52(37-80-44(6)71)85-67(42(39)4)90-58-56(83-36-47-25-17-12-18-26-47)62(88-64(74)49-29-21-14-22-30-49)70(93-60(58)66(76)79-10)89-54-41(3)43(5)68(86-53(54)38-81-45(7)72)91-57-55(82-35-46-23-15-11-16-24-46)61(87-63(73)48-27-19-13-20-28-48)69(92-59(57)65(75)78-9)84-51-33-31-50(77-8)32-34-51/h11-34,39-43,52-62,67-70H,35-38H2,1-10H3/t39-,40-,41+,42?,43?,52?,53?,54-,55+,56+,57-,58+,59?,60?,61?,62?,67-,68+,69+,70+/m0/s1. The Morgan fingerprint density at radius 1 is 0.387 bits per heavy atom. The Bertz CT molecular complexity index is 3210. The van der Waals surface area contributed by atoms with Crippen LogP contribution >= 0.6 is 0 Å². The predicted octanol–water partition coefficient (Wildman–Crippen LogP) is 8.40. The maximum absolute atomic E-state index is 14.6. The third kappa shape index (κ3) is 17.5. The normalized spacial score (nSPS) is 30.9. The minimum atomic E-state index is -1.71. The SMILES string of the molecule is COC(=O)C1O[C@@H](Oc2ccc(OC)cc2)C(OC(=O)c2ccccc2)[C@H](OCc2ccccc2)[C@@H]1O[C@H]1OC(COC(C)=O)[C@@H](O[C@@H]2OC(C(=O)OC)[C@H](O[C@@H]3OC(COC(C)=O)[C@@H](C)[C@H](C)C3C)[C@@H](OCc3ccccc3)C2OC(=O)c2ccccc2)[C@H](C)C1C. The van der Waals surface area contributed by atoms with E-state index in [-0.39, 0.29) is 54.5 Å². The molecule has 0 spiro atoms. The van der Waals surface area contributed by atoms with Crippen LogP contribution < -0.4 is 9.47 Å². The largest absolute Gasteiger partial charge is 0.497 e. The Morgan fingerprint density at radius 2 is 0.785 bits per heavy atom. The fourth-order valence-corrected chi connectivity index (χ4v) is 11.7. The minimum absolute atomic E-state index is 0.0760. The molecule has 20 atom stereocenters. The van der Waals surface area contributed by atoms with Gasteiger partial charge in [0.1, 0.15) is 55.2 Å². The lowest BCUT2D eigenvalue weighted by Gasteiger charge is -2.51. The monoisotopic (exact) mass is 1290 g/mol. The molecule has 0 amide bonds. The first-order valence-corrected chi connectivity index (χ1v) is 31.0. The Balaban J connectivity index is 1.09. The summed E-state index contributed by atoms with van der Waals surface area (Å²) in [6.45, 7) is 11.3. The van der Waals surface area contributed by atoms with Gasteiger partial charge < -0.3 is 80.5 Å². The van der Waals surface area contributed by atoms with Gasteiger partial charge in [0.2, 0.25) is 6.29 Å². The van der Waals surface area contributed by atoms with E-state index in [0.717, 1.165) is 0 Å². The van der Waals surface area contributed by atoms with Crippen LogP contribution in [-0.2, 0) is 103 Å². The average Bonchev–Trinajstić information content (AvgIpc) is 0.803. The van der Waals surface area contributed by atoms with Crippen molar-refractivity contribution in [2.45, 2.75) is 154 Å². The summed E-state index contributed by atoms with van der Waals surface area (Å²) < 4.78 is 108. The summed E-state index contributed by atoms with van der Waals surface area (Å²) in [7, 11) is 3.86. The van der Waals surface area contributed by atoms with Crippen molar-refractivity contribution in [2.24, 2.45) is 29.6 Å². The summed E-state index contributed by atoms with van der Waals surface area (Å²) in [6.07, 6.45) is -20.9. The molecule has 23 heteroatoms. The van der Waals surface area contributed by atoms with Crippen molar-refractivity contribution in [3.8, 4) is 11.5 Å². The molecule has 8 unspecified atom stereocenters. The van der Waals surface area contributed by atoms with E-state index < -0.39 is 147 Å². The third-order valence-corrected chi connectivity index (χ3v) is 17.5. The van der Waals surface area contributed by atoms with Crippen molar-refractivity contribution in [1.82, 2.24) is 0 Å². The van der Waals surface area contributed by atoms with Gasteiger partial charge in [-0.15, -0.1) is 0 Å². The van der Waals surface area contributed by atoms with Gasteiger partial charge >= 0.3 is 35.8 Å². The number of rotatable bonds is 25. The summed E-state index contributed by atoms with van der Waals surface area (Å²) in [5.41, 5.74) is 1.75. The second kappa shape index (κ2) is 32.8. The van der Waals surface area contributed by atoms with Gasteiger partial charge in [-0.1, -0.05) is 132 Å². The summed E-state index contributed by atoms with van der Waals surface area (Å²) in [5.74, 6) is -5.82. The maximum Gasteiger partial charge on any atom is 0.338 e. The highest BCUT2D eigenvalue weighted by Crippen LogP contribution is 2.43. The third-order valence-electron chi connectivity index (χ3n) is 17.5. The van der Waals surface area contributed by atoms with Crippen molar-refractivity contribution in [1.29, 1.82) is 0 Å². The van der Waals surface area contributed by atoms with Gasteiger partial charge in [-0.05, 0) is 77.4 Å². The lowest BCUT2D eigenvalue weighted by atomic mass is 9.79. The molecule has 5 aromatic carbocycles. The van der Waals surface area contributed by atoms with Crippen LogP contribution in [0.3, 0.4) is 0 Å². The average molecular weight is 1290 g/mol. The molecule has 0 radical (unpaired) electrons. The molecule has 4 heterocycles. The van der Waals surface area contributed by atoms with Gasteiger partial charge in [-0.3, -0.25) is 9.59 Å². The molecule has 0 bridgehead atoms. The molecular weight excluding hydrogens is 1210 g/mol. The number of hydrogen-bond donors (Lipinski definition) is 0. The Kier molecular flexibility index (Phi) is 24.5. The van der Waals surface area contributed by atoms with Crippen LogP contribution in [0, 0.1) is 29.6 Å². The van der Waals surface area contributed by atoms with Gasteiger partial charge in [-0.2, -0.15) is 0 Å². The molecule has 23 nitrogen and oxygen atoms in total. The minimum Gasteiger partial charge on any atom is -0.497 e. The van der Waals surface area contributed by atoms with Crippen LogP contribution in [0.2, 0.25) is 0 Å². The molecular formula is C70H82O23. The molecule has 0 N–H and O–H groups in total. The van der Waals surface area contributed by atoms with Crippen molar-refractivity contribution in [3.05, 3.63) is 168 Å². The molecule has 0 aliphatic carbocycles. The number of benzene rings is 5. The second-order valence-corrected chi connectivity index (χ2v) is 23.5. The Morgan fingerprint density at radius 3 is 1.24 bits per heavy atom. The van der Waals surface area contributed by atoms with Crippen molar-refractivity contribution < 1.29 is 109 Å². The number of carbonyl (C=O) groups excluding carboxylic acids is 6. The molecule has 4 aliphatic heterocycles. The summed E-state index contributed by atoms with van der Waals surface area (Å²) >= 11 is 0. The van der Waals surface area contributed by atoms with Gasteiger partial charge in [0.15, 0.2) is 43.3 Å². The summed E-state index contributed by atoms with van der Waals surface area (Å²) in [5, 5.41) is 0. The first kappa shape index (κ1) is 69.5. The van der Waals surface area contributed by atoms with Crippen molar-refractivity contribution in [2.75, 3.05) is 34.5 Å². The highest BCUT2D eigenvalue weighted by Gasteiger charge is 2.59. The van der Waals surface area contributed by atoms with Crippen LogP contribution in [0.15, 0.2) is 146 Å². The first-order chi connectivity index (χ1) is 44.8. The predicted molar refractivity (Wildman–Crippen MR) is 327 cm³/mol. The van der Waals surface area contributed by atoms with E-state index in [1.165, 1.54) is 35.2 Å². The highest BCUT2D eigenvalue weighted by molar-refractivity contribution is 5.90. The van der Waals surface area contributed by atoms with Crippen LogP contribution in [-0.4, -0.2) is 163 Å². The van der Waals surface area contributed by atoms with Crippen LogP contribution in [0.4, 0.5) is 0 Å². The molecule has 4 saturated heterocycles. The summed E-state index contributed by atoms with van der Waals surface area (Å²) in [4.78, 5) is 82.6. The summed E-state index contributed by atoms with van der Waals surface area (Å²) in [6, 6.07) is 41.3. The fourth-order valence-electron chi connectivity index (χ4n) is 11.7. The highest BCUT2D eigenvalue weighted by atomic mass is 16.8.